The van der Waals surface area contributed by atoms with E-state index in [0.29, 0.717) is 59.0 Å². The van der Waals surface area contributed by atoms with Crippen molar-refractivity contribution in [2.75, 3.05) is 11.9 Å². The summed E-state index contributed by atoms with van der Waals surface area (Å²) in [6.07, 6.45) is 14.5. The fourth-order valence-electron chi connectivity index (χ4n) is 16.6. The molecule has 8 aliphatic carbocycles. The summed E-state index contributed by atoms with van der Waals surface area (Å²) in [5.74, 6) is 5.26. The molecule has 0 unspecified atom stereocenters. The Hall–Kier alpha value is -2.92. The van der Waals surface area contributed by atoms with Crippen LogP contribution in [0.25, 0.3) is 0 Å². The minimum atomic E-state index is -4.60. The highest BCUT2D eigenvalue weighted by atomic mass is 79.9. The fourth-order valence-corrected chi connectivity index (χ4v) is 17.0. The largest absolute Gasteiger partial charge is 0.505 e. The normalized spacial score (nSPS) is 41.2. The van der Waals surface area contributed by atoms with Crippen LogP contribution in [0, 0.1) is 81.8 Å². The number of halogens is 7. The summed E-state index contributed by atoms with van der Waals surface area (Å²) in [6.45, 7) is 8.59. The fraction of sp³-hybridized carbons (Fsp3) is 0.808. The van der Waals surface area contributed by atoms with Crippen molar-refractivity contribution in [2.24, 2.45) is 81.8 Å². The van der Waals surface area contributed by atoms with E-state index in [9.17, 15) is 46.1 Å². The van der Waals surface area contributed by atoms with Gasteiger partial charge in [0.05, 0.1) is 41.3 Å². The van der Waals surface area contributed by atoms with Crippen molar-refractivity contribution in [1.82, 2.24) is 19.9 Å². The van der Waals surface area contributed by atoms with E-state index in [2.05, 4.69) is 49.7 Å². The molecule has 3 N–H and O–H groups in total. The van der Waals surface area contributed by atoms with Gasteiger partial charge in [-0.05, 0) is 199 Å². The first-order chi connectivity index (χ1) is 32.3. The summed E-state index contributed by atoms with van der Waals surface area (Å²) >= 11 is 3.42. The highest BCUT2D eigenvalue weighted by Gasteiger charge is 2.60. The number of fused-ring (bicyclic) bond motifs is 10. The van der Waals surface area contributed by atoms with E-state index in [1.165, 1.54) is 51.4 Å². The third kappa shape index (κ3) is 10.9. The number of rotatable bonds is 6. The monoisotopic (exact) mass is 1040 g/mol. The van der Waals surface area contributed by atoms with Gasteiger partial charge in [-0.15, -0.1) is 0 Å². The Labute approximate surface area is 410 Å². The molecule has 17 heteroatoms. The van der Waals surface area contributed by atoms with Crippen LogP contribution in [-0.2, 0) is 21.9 Å². The maximum absolute atomic E-state index is 13.2. The number of ketones is 2. The lowest BCUT2D eigenvalue weighted by molar-refractivity contribution is -0.145. The van der Waals surface area contributed by atoms with E-state index in [1.807, 2.05) is 13.8 Å². The molecule has 0 amide bonds. The summed E-state index contributed by atoms with van der Waals surface area (Å²) in [5.41, 5.74) is -0.706. The van der Waals surface area contributed by atoms with Gasteiger partial charge < -0.3 is 20.1 Å². The molecule has 0 aromatic carbocycles. The molecule has 8 saturated carbocycles. The van der Waals surface area contributed by atoms with Gasteiger partial charge in [0.15, 0.2) is 17.3 Å². The van der Waals surface area contributed by atoms with Crippen LogP contribution in [0.1, 0.15) is 155 Å². The van der Waals surface area contributed by atoms with Gasteiger partial charge in [-0.2, -0.15) is 26.3 Å². The lowest BCUT2D eigenvalue weighted by Crippen LogP contribution is -2.51. The average Bonchev–Trinajstić information content (AvgIpc) is 3.84. The highest BCUT2D eigenvalue weighted by Crippen LogP contribution is 2.66. The van der Waals surface area contributed by atoms with Crippen LogP contribution >= 0.6 is 15.9 Å². The average molecular weight is 1040 g/mol. The molecule has 10 rings (SSSR count). The molecule has 2 heterocycles. The molecule has 16 atom stereocenters. The standard InChI is InChI=1S/C26H35F3N2O3.C21H33BrO2.C5H3F3N2O/c1-24(33)9-7-17-15(11-24)3-4-19-18(17)8-10-25(2)20(19)5-6-21(25)22(32)14-34-16-12-30-23(31-13-16)26(27,28)29;1-20(24)9-7-14-13(11-20)3-4-16-15(14)8-10-21(2)17(16)5-6-18(21)19(23)12-22;6-5(7,8)4-9-1-3(11)2-10-4/h12-13,15,17-21,33H,3-11,14H2,1-2H3;13-18,24H,3-12H2,1-2H3;1-2,11H/t15-,17+,18-,19-,20+,21-,24-,25+;13-,14+,15-,16-,17+,18-,20-,21+;/m11./s1. The number of Topliss-reactive ketones (excluding diaryl/α,β-unsaturated/α-hetero) is 2. The number of aliphatic hydroxyl groups is 2. The molecule has 0 radical (unpaired) electrons. The lowest BCUT2D eigenvalue weighted by Gasteiger charge is -2.56. The van der Waals surface area contributed by atoms with Crippen molar-refractivity contribution in [1.29, 1.82) is 0 Å². The second-order valence-corrected chi connectivity index (χ2v) is 24.1. The van der Waals surface area contributed by atoms with Crippen LogP contribution in [0.4, 0.5) is 26.3 Å². The maximum atomic E-state index is 13.2. The van der Waals surface area contributed by atoms with Crippen LogP contribution in [0.3, 0.4) is 0 Å². The van der Waals surface area contributed by atoms with E-state index < -0.39 is 41.0 Å². The molecule has 0 bridgehead atoms. The Kier molecular flexibility index (Phi) is 15.1. The summed E-state index contributed by atoms with van der Waals surface area (Å²) < 4.78 is 78.6. The highest BCUT2D eigenvalue weighted by molar-refractivity contribution is 9.09. The van der Waals surface area contributed by atoms with Crippen molar-refractivity contribution in [3.8, 4) is 11.5 Å². The third-order valence-corrected chi connectivity index (χ3v) is 20.1. The molecule has 384 valence electrons. The van der Waals surface area contributed by atoms with E-state index in [-0.39, 0.29) is 34.9 Å². The molecule has 2 aromatic rings. The van der Waals surface area contributed by atoms with Gasteiger partial charge in [-0.25, -0.2) is 19.9 Å². The van der Waals surface area contributed by atoms with E-state index in [0.717, 1.165) is 106 Å². The molecule has 0 aliphatic heterocycles. The van der Waals surface area contributed by atoms with Gasteiger partial charge in [0.2, 0.25) is 11.6 Å². The van der Waals surface area contributed by atoms with Gasteiger partial charge >= 0.3 is 12.4 Å². The van der Waals surface area contributed by atoms with E-state index >= 15 is 0 Å². The zero-order valence-corrected chi connectivity index (χ0v) is 42.0. The van der Waals surface area contributed by atoms with Gasteiger partial charge in [0.1, 0.15) is 12.4 Å². The van der Waals surface area contributed by atoms with E-state index in [4.69, 9.17) is 9.84 Å². The van der Waals surface area contributed by atoms with Crippen LogP contribution in [0.5, 0.6) is 11.5 Å². The summed E-state index contributed by atoms with van der Waals surface area (Å²) in [4.78, 5) is 38.0. The number of carbonyl (C=O) groups is 2. The Balaban J connectivity index is 0.000000158. The second kappa shape index (κ2) is 19.8. The zero-order chi connectivity index (χ0) is 49.9. The first-order valence-corrected chi connectivity index (χ1v) is 26.6. The maximum Gasteiger partial charge on any atom is 0.451 e. The van der Waals surface area contributed by atoms with Crippen molar-refractivity contribution in [3.05, 3.63) is 36.4 Å². The molecule has 8 fully saturated rings. The summed E-state index contributed by atoms with van der Waals surface area (Å²) in [5, 5.41) is 30.1. The lowest BCUT2D eigenvalue weighted by atomic mass is 9.49. The Bertz CT molecular complexity index is 2130. The van der Waals surface area contributed by atoms with Gasteiger partial charge in [0, 0.05) is 11.8 Å². The Morgan fingerprint density at radius 1 is 0.580 bits per heavy atom. The quantitative estimate of drug-likeness (QED) is 0.188. The molecule has 10 nitrogen and oxygen atoms in total. The Morgan fingerprint density at radius 3 is 1.41 bits per heavy atom. The molecule has 69 heavy (non-hydrogen) atoms. The zero-order valence-electron chi connectivity index (χ0n) is 40.4. The minimum absolute atomic E-state index is 0.0331. The number of alkyl halides is 7. The molecule has 0 spiro atoms. The molecule has 0 saturated heterocycles. The van der Waals surface area contributed by atoms with Crippen LogP contribution in [0.2, 0.25) is 0 Å². The third-order valence-electron chi connectivity index (χ3n) is 19.5. The van der Waals surface area contributed by atoms with Crippen molar-refractivity contribution in [3.63, 3.8) is 0 Å². The van der Waals surface area contributed by atoms with Crippen LogP contribution in [-0.4, -0.2) is 70.0 Å². The number of aromatic nitrogens is 4. The van der Waals surface area contributed by atoms with E-state index in [1.54, 1.807) is 0 Å². The van der Waals surface area contributed by atoms with Gasteiger partial charge in [-0.1, -0.05) is 29.8 Å². The number of hydrogen-bond donors (Lipinski definition) is 3. The smallest absolute Gasteiger partial charge is 0.451 e. The minimum Gasteiger partial charge on any atom is -0.505 e. The van der Waals surface area contributed by atoms with Crippen molar-refractivity contribution < 1.29 is 56.0 Å². The molecular formula is C52H71BrF6N4O6. The van der Waals surface area contributed by atoms with Gasteiger partial charge in [-0.3, -0.25) is 9.59 Å². The second-order valence-electron chi connectivity index (χ2n) is 23.6. The van der Waals surface area contributed by atoms with Crippen molar-refractivity contribution in [2.45, 2.75) is 167 Å². The molecular weight excluding hydrogens is 970 g/mol. The molecule has 2 aromatic heterocycles. The number of carbonyl (C=O) groups excluding carboxylic acids is 2. The predicted octanol–water partition coefficient (Wildman–Crippen LogP) is 11.6. The number of hydrogen-bond acceptors (Lipinski definition) is 10. The summed E-state index contributed by atoms with van der Waals surface area (Å²) in [7, 11) is 0. The SMILES string of the molecule is C[C@@]1(O)CC[C@H]2[C@H](CC[C@@H]3[C@@H]2CC[C@]2(C)[C@@H](C(=O)CBr)CC[C@@H]32)C1.C[C@@]1(O)CC[C@H]2[C@H](CC[C@@H]3[C@@H]2CC[C@]2(C)[C@@H](C(=O)COc4cnc(C(F)(F)F)nc4)CC[C@@H]32)C1.Oc1cnc(C(F)(F)F)nc1. The van der Waals surface area contributed by atoms with Crippen LogP contribution in [0.15, 0.2) is 24.8 Å². The number of ether oxygens (including phenoxy) is 1. The van der Waals surface area contributed by atoms with Crippen molar-refractivity contribution >= 4 is 27.5 Å². The molecule has 8 aliphatic rings. The first-order valence-electron chi connectivity index (χ1n) is 25.5. The first kappa shape index (κ1) is 52.4. The Morgan fingerprint density at radius 2 is 0.986 bits per heavy atom. The van der Waals surface area contributed by atoms with Crippen LogP contribution < -0.4 is 4.74 Å². The number of nitrogens with zero attached hydrogens (tertiary/aromatic N) is 4. The van der Waals surface area contributed by atoms with Gasteiger partial charge in [0.25, 0.3) is 0 Å². The topological polar surface area (TPSA) is 156 Å². The summed E-state index contributed by atoms with van der Waals surface area (Å²) in [6, 6.07) is 0. The predicted molar refractivity (Wildman–Crippen MR) is 247 cm³/mol. The number of aromatic hydroxyl groups is 1.